The Kier molecular flexibility index (Phi) is 12.7. The average Bonchev–Trinajstić information content (AvgIpc) is 2.92. The number of hydrogen-bond acceptors (Lipinski definition) is 7. The van der Waals surface area contributed by atoms with Crippen molar-refractivity contribution < 1.29 is 19.7 Å². The van der Waals surface area contributed by atoms with Crippen molar-refractivity contribution in [2.24, 2.45) is 0 Å². The fraction of sp³-hybridized carbons (Fsp3) is 0.516. The molecule has 0 aliphatic rings. The summed E-state index contributed by atoms with van der Waals surface area (Å²) in [7, 11) is 0. The number of aromatic nitrogens is 3. The summed E-state index contributed by atoms with van der Waals surface area (Å²) in [5, 5.41) is 21.2. The minimum absolute atomic E-state index is 0.0326. The molecular formula is C31H43N3O4. The number of aromatic hydroxyl groups is 2. The number of unbranched alkanes of at least 4 members (excludes halogenated alkanes) is 10. The summed E-state index contributed by atoms with van der Waals surface area (Å²) in [6, 6.07) is 10.3. The highest BCUT2D eigenvalue weighted by molar-refractivity contribution is 5.69. The monoisotopic (exact) mass is 521 g/mol. The van der Waals surface area contributed by atoms with Crippen LogP contribution in [0.25, 0.3) is 22.8 Å². The Labute approximate surface area is 227 Å². The molecule has 3 aromatic rings. The summed E-state index contributed by atoms with van der Waals surface area (Å²) in [6.45, 7) is 5.68. The Bertz CT molecular complexity index is 1020. The van der Waals surface area contributed by atoms with E-state index < -0.39 is 0 Å². The number of phenols is 2. The Hall–Kier alpha value is -3.35. The van der Waals surface area contributed by atoms with Crippen LogP contribution in [-0.4, -0.2) is 38.4 Å². The van der Waals surface area contributed by atoms with Crippen LogP contribution < -0.4 is 9.47 Å². The minimum atomic E-state index is 0.0326. The zero-order chi connectivity index (χ0) is 27.0. The van der Waals surface area contributed by atoms with Gasteiger partial charge in [-0.05, 0) is 37.1 Å². The molecule has 0 radical (unpaired) electrons. The molecule has 1 aromatic heterocycles. The molecule has 0 atom stereocenters. The van der Waals surface area contributed by atoms with Crippen LogP contribution in [0, 0.1) is 0 Å². The lowest BCUT2D eigenvalue weighted by Crippen LogP contribution is -1.99. The van der Waals surface area contributed by atoms with Gasteiger partial charge in [0, 0.05) is 12.1 Å². The lowest BCUT2D eigenvalue weighted by atomic mass is 10.1. The number of nitrogens with zero attached hydrogens (tertiary/aromatic N) is 3. The SMILES string of the molecule is CCCCCCCCOc1ccc(-c2ncnc(-c3ccc(OCCCCCCCC)cc3O)n2)c(O)c1. The second-order valence-electron chi connectivity index (χ2n) is 9.72. The van der Waals surface area contributed by atoms with Crippen LogP contribution in [0.1, 0.15) is 90.9 Å². The number of ether oxygens (including phenoxy) is 2. The number of benzene rings is 2. The fourth-order valence-corrected chi connectivity index (χ4v) is 4.28. The maximum atomic E-state index is 10.6. The lowest BCUT2D eigenvalue weighted by Gasteiger charge is -2.11. The minimum Gasteiger partial charge on any atom is -0.507 e. The van der Waals surface area contributed by atoms with Gasteiger partial charge in [-0.1, -0.05) is 78.1 Å². The molecule has 1 heterocycles. The first-order valence-corrected chi connectivity index (χ1v) is 14.2. The Morgan fingerprint density at radius 1 is 0.579 bits per heavy atom. The van der Waals surface area contributed by atoms with Crippen molar-refractivity contribution >= 4 is 0 Å². The molecule has 3 rings (SSSR count). The number of hydrogen-bond donors (Lipinski definition) is 2. The highest BCUT2D eigenvalue weighted by atomic mass is 16.5. The largest absolute Gasteiger partial charge is 0.507 e. The zero-order valence-corrected chi connectivity index (χ0v) is 23.0. The van der Waals surface area contributed by atoms with Gasteiger partial charge in [-0.3, -0.25) is 0 Å². The van der Waals surface area contributed by atoms with Gasteiger partial charge in [0.05, 0.1) is 24.3 Å². The predicted molar refractivity (Wildman–Crippen MR) is 152 cm³/mol. The third-order valence-electron chi connectivity index (χ3n) is 6.53. The maximum Gasteiger partial charge on any atom is 0.167 e. The molecule has 0 unspecified atom stereocenters. The van der Waals surface area contributed by atoms with E-state index in [4.69, 9.17) is 9.47 Å². The topological polar surface area (TPSA) is 97.6 Å². The molecule has 7 heteroatoms. The molecule has 2 N–H and O–H groups in total. The normalized spacial score (nSPS) is 11.0. The van der Waals surface area contributed by atoms with Crippen molar-refractivity contribution in [2.45, 2.75) is 90.9 Å². The summed E-state index contributed by atoms with van der Waals surface area (Å²) in [5.41, 5.74) is 0.942. The summed E-state index contributed by atoms with van der Waals surface area (Å²) >= 11 is 0. The van der Waals surface area contributed by atoms with Crippen LogP contribution in [0.15, 0.2) is 42.7 Å². The molecule has 0 saturated carbocycles. The average molecular weight is 522 g/mol. The Morgan fingerprint density at radius 2 is 1.00 bits per heavy atom. The van der Waals surface area contributed by atoms with Gasteiger partial charge < -0.3 is 19.7 Å². The maximum absolute atomic E-state index is 10.6. The van der Waals surface area contributed by atoms with E-state index >= 15 is 0 Å². The van der Waals surface area contributed by atoms with Gasteiger partial charge in [-0.15, -0.1) is 0 Å². The van der Waals surface area contributed by atoms with Gasteiger partial charge in [0.15, 0.2) is 11.6 Å². The van der Waals surface area contributed by atoms with E-state index in [1.54, 1.807) is 24.3 Å². The lowest BCUT2D eigenvalue weighted by molar-refractivity contribution is 0.302. The molecule has 0 aliphatic heterocycles. The van der Waals surface area contributed by atoms with E-state index in [-0.39, 0.29) is 11.5 Å². The van der Waals surface area contributed by atoms with E-state index in [9.17, 15) is 10.2 Å². The Balaban J connectivity index is 1.56. The molecule has 206 valence electrons. The molecule has 0 amide bonds. The van der Waals surface area contributed by atoms with Crippen LogP contribution in [0.5, 0.6) is 23.0 Å². The summed E-state index contributed by atoms with van der Waals surface area (Å²) in [6.07, 6.45) is 15.7. The first-order chi connectivity index (χ1) is 18.6. The van der Waals surface area contributed by atoms with E-state index in [1.165, 1.54) is 57.7 Å². The Morgan fingerprint density at radius 3 is 1.42 bits per heavy atom. The van der Waals surface area contributed by atoms with Crippen LogP contribution in [0.4, 0.5) is 0 Å². The van der Waals surface area contributed by atoms with Crippen molar-refractivity contribution in [1.29, 1.82) is 0 Å². The first-order valence-electron chi connectivity index (χ1n) is 14.2. The smallest absolute Gasteiger partial charge is 0.167 e. The predicted octanol–water partition coefficient (Wildman–Crippen LogP) is 8.10. The quantitative estimate of drug-likeness (QED) is 0.163. The van der Waals surface area contributed by atoms with E-state index in [2.05, 4.69) is 28.8 Å². The number of phenolic OH excluding ortho intramolecular Hbond substituents is 2. The third kappa shape index (κ3) is 9.51. The van der Waals surface area contributed by atoms with Gasteiger partial charge >= 0.3 is 0 Å². The standard InChI is InChI=1S/C31H43N3O4/c1-3-5-7-9-11-13-19-37-24-15-17-26(28(35)21-24)30-32-23-33-31(34-30)27-18-16-25(22-29(27)36)38-20-14-12-10-8-6-4-2/h15-18,21-23,35-36H,3-14,19-20H2,1-2H3. The molecule has 0 saturated heterocycles. The highest BCUT2D eigenvalue weighted by Gasteiger charge is 2.14. The van der Waals surface area contributed by atoms with Crippen LogP contribution in [0.3, 0.4) is 0 Å². The van der Waals surface area contributed by atoms with Crippen LogP contribution >= 0.6 is 0 Å². The third-order valence-corrected chi connectivity index (χ3v) is 6.53. The van der Waals surface area contributed by atoms with Crippen LogP contribution in [0.2, 0.25) is 0 Å². The molecule has 2 aromatic carbocycles. The molecule has 7 nitrogen and oxygen atoms in total. The van der Waals surface area contributed by atoms with Gasteiger partial charge in [-0.25, -0.2) is 15.0 Å². The highest BCUT2D eigenvalue weighted by Crippen LogP contribution is 2.34. The van der Waals surface area contributed by atoms with Gasteiger partial charge in [0.2, 0.25) is 0 Å². The van der Waals surface area contributed by atoms with Crippen molar-refractivity contribution in [3.63, 3.8) is 0 Å². The summed E-state index contributed by atoms with van der Waals surface area (Å²) in [4.78, 5) is 13.0. The first kappa shape index (κ1) is 29.2. The van der Waals surface area contributed by atoms with Gasteiger partial charge in [0.25, 0.3) is 0 Å². The second-order valence-corrected chi connectivity index (χ2v) is 9.72. The second kappa shape index (κ2) is 16.5. The zero-order valence-electron chi connectivity index (χ0n) is 23.0. The van der Waals surface area contributed by atoms with E-state index in [0.717, 1.165) is 25.7 Å². The molecule has 38 heavy (non-hydrogen) atoms. The van der Waals surface area contributed by atoms with Crippen molar-refractivity contribution in [3.8, 4) is 45.8 Å². The number of rotatable bonds is 18. The molecule has 0 spiro atoms. The van der Waals surface area contributed by atoms with E-state index in [1.807, 2.05) is 12.1 Å². The molecular weight excluding hydrogens is 478 g/mol. The van der Waals surface area contributed by atoms with Crippen molar-refractivity contribution in [3.05, 3.63) is 42.7 Å². The van der Waals surface area contributed by atoms with Gasteiger partial charge in [0.1, 0.15) is 29.3 Å². The van der Waals surface area contributed by atoms with Crippen LogP contribution in [-0.2, 0) is 0 Å². The summed E-state index contributed by atoms with van der Waals surface area (Å²) < 4.78 is 11.6. The fourth-order valence-electron chi connectivity index (χ4n) is 4.28. The molecule has 0 bridgehead atoms. The summed E-state index contributed by atoms with van der Waals surface area (Å²) in [5.74, 6) is 1.93. The van der Waals surface area contributed by atoms with Crippen molar-refractivity contribution in [2.75, 3.05) is 13.2 Å². The van der Waals surface area contributed by atoms with Gasteiger partial charge in [-0.2, -0.15) is 0 Å². The molecule has 0 fully saturated rings. The van der Waals surface area contributed by atoms with Crippen molar-refractivity contribution in [1.82, 2.24) is 15.0 Å². The van der Waals surface area contributed by atoms with E-state index in [0.29, 0.717) is 47.5 Å². The molecule has 0 aliphatic carbocycles.